The first-order chi connectivity index (χ1) is 9.28. The second-order valence-electron chi connectivity index (χ2n) is 5.29. The van der Waals surface area contributed by atoms with E-state index in [2.05, 4.69) is 19.8 Å². The molecule has 0 amide bonds. The summed E-state index contributed by atoms with van der Waals surface area (Å²) >= 11 is 0. The van der Waals surface area contributed by atoms with Gasteiger partial charge < -0.3 is 20.0 Å². The van der Waals surface area contributed by atoms with Crippen molar-refractivity contribution in [2.24, 2.45) is 0 Å². The van der Waals surface area contributed by atoms with Crippen LogP contribution in [0.15, 0.2) is 12.4 Å². The van der Waals surface area contributed by atoms with Crippen LogP contribution in [0, 0.1) is 0 Å². The van der Waals surface area contributed by atoms with E-state index in [0.717, 1.165) is 44.0 Å². The Kier molecular flexibility index (Phi) is 3.52. The van der Waals surface area contributed by atoms with Gasteiger partial charge in [0.2, 0.25) is 0 Å². The van der Waals surface area contributed by atoms with Gasteiger partial charge in [0.15, 0.2) is 0 Å². The molecule has 104 valence electrons. The third-order valence-electron chi connectivity index (χ3n) is 4.01. The van der Waals surface area contributed by atoms with Crippen LogP contribution in [0.4, 0.5) is 11.6 Å². The molecule has 2 fully saturated rings. The zero-order chi connectivity index (χ0) is 13.2. The molecule has 2 atom stereocenters. The molecule has 1 aromatic heterocycles. The van der Waals surface area contributed by atoms with Gasteiger partial charge in [0.05, 0.1) is 18.8 Å². The van der Waals surface area contributed by atoms with Crippen LogP contribution in [0.5, 0.6) is 0 Å². The summed E-state index contributed by atoms with van der Waals surface area (Å²) in [6.45, 7) is 2.58. The third kappa shape index (κ3) is 2.50. The van der Waals surface area contributed by atoms with Gasteiger partial charge in [-0.2, -0.15) is 0 Å². The van der Waals surface area contributed by atoms with Crippen LogP contribution in [0.25, 0.3) is 0 Å². The predicted molar refractivity (Wildman–Crippen MR) is 72.3 cm³/mol. The van der Waals surface area contributed by atoms with Gasteiger partial charge in [-0.25, -0.2) is 9.97 Å². The molecule has 2 saturated heterocycles. The maximum atomic E-state index is 9.59. The van der Waals surface area contributed by atoms with Crippen LogP contribution in [0.2, 0.25) is 0 Å². The first-order valence-electron chi connectivity index (χ1n) is 6.90. The Morgan fingerprint density at radius 3 is 2.79 bits per heavy atom. The summed E-state index contributed by atoms with van der Waals surface area (Å²) in [5.74, 6) is 1.74. The lowest BCUT2D eigenvalue weighted by Gasteiger charge is -2.25. The summed E-state index contributed by atoms with van der Waals surface area (Å²) in [4.78, 5) is 12.9. The molecule has 0 saturated carbocycles. The molecular weight excluding hydrogens is 244 g/mol. The lowest BCUT2D eigenvalue weighted by molar-refractivity contribution is 0.198. The van der Waals surface area contributed by atoms with E-state index in [4.69, 9.17) is 0 Å². The number of rotatable bonds is 3. The van der Waals surface area contributed by atoms with Crippen molar-refractivity contribution in [3.05, 3.63) is 12.4 Å². The summed E-state index contributed by atoms with van der Waals surface area (Å²) in [6, 6.07) is 2.14. The highest BCUT2D eigenvalue weighted by atomic mass is 16.3. The minimum absolute atomic E-state index is 0.168. The van der Waals surface area contributed by atoms with Gasteiger partial charge >= 0.3 is 0 Å². The first-order valence-corrected chi connectivity index (χ1v) is 6.90. The van der Waals surface area contributed by atoms with Crippen molar-refractivity contribution in [1.29, 1.82) is 0 Å². The molecule has 0 aliphatic carbocycles. The number of hydrogen-bond acceptors (Lipinski definition) is 6. The molecule has 0 aromatic carbocycles. The Morgan fingerprint density at radius 1 is 1.21 bits per heavy atom. The van der Waals surface area contributed by atoms with Gasteiger partial charge in [-0.15, -0.1) is 0 Å². The molecule has 0 spiro atoms. The smallest absolute Gasteiger partial charge is 0.134 e. The lowest BCUT2D eigenvalue weighted by atomic mass is 10.2. The van der Waals surface area contributed by atoms with Crippen LogP contribution in [-0.2, 0) is 0 Å². The molecule has 2 aliphatic rings. The van der Waals surface area contributed by atoms with Crippen LogP contribution in [0.1, 0.15) is 19.3 Å². The standard InChI is InChI=1S/C13H20N4O2/c18-8-10-2-1-4-17(10)13-6-12(14-9-15-13)16-5-3-11(19)7-16/h6,9-11,18-19H,1-5,7-8H2/t10?,11-/m0/s1. The Bertz CT molecular complexity index is 442. The largest absolute Gasteiger partial charge is 0.394 e. The number of anilines is 2. The quantitative estimate of drug-likeness (QED) is 0.801. The van der Waals surface area contributed by atoms with Crippen molar-refractivity contribution >= 4 is 11.6 Å². The molecular formula is C13H20N4O2. The van der Waals surface area contributed by atoms with Gasteiger partial charge in [-0.3, -0.25) is 0 Å². The molecule has 1 aromatic rings. The summed E-state index contributed by atoms with van der Waals surface area (Å²) in [7, 11) is 0. The SMILES string of the molecule is OCC1CCCN1c1cc(N2CC[C@H](O)C2)ncn1. The fourth-order valence-corrected chi connectivity index (χ4v) is 2.94. The highest BCUT2D eigenvalue weighted by Gasteiger charge is 2.26. The number of aliphatic hydroxyl groups excluding tert-OH is 2. The second-order valence-corrected chi connectivity index (χ2v) is 5.29. The molecule has 1 unspecified atom stereocenters. The number of β-amino-alcohol motifs (C(OH)–C–C–N with tert-alkyl or cyclic N) is 1. The van der Waals surface area contributed by atoms with Crippen LogP contribution < -0.4 is 9.80 Å². The Hall–Kier alpha value is -1.40. The first kappa shape index (κ1) is 12.6. The van der Waals surface area contributed by atoms with Crippen LogP contribution in [-0.4, -0.2) is 58.6 Å². The molecule has 6 nitrogen and oxygen atoms in total. The van der Waals surface area contributed by atoms with Crippen molar-refractivity contribution < 1.29 is 10.2 Å². The normalized spacial score (nSPS) is 27.3. The fraction of sp³-hybridized carbons (Fsp3) is 0.692. The zero-order valence-electron chi connectivity index (χ0n) is 10.9. The summed E-state index contributed by atoms with van der Waals surface area (Å²) in [5, 5.41) is 19.0. The summed E-state index contributed by atoms with van der Waals surface area (Å²) < 4.78 is 0. The van der Waals surface area contributed by atoms with E-state index >= 15 is 0 Å². The second kappa shape index (κ2) is 5.30. The van der Waals surface area contributed by atoms with Gasteiger partial charge in [0.1, 0.15) is 18.0 Å². The number of aromatic nitrogens is 2. The van der Waals surface area contributed by atoms with Gasteiger partial charge in [0.25, 0.3) is 0 Å². The van der Waals surface area contributed by atoms with Crippen molar-refractivity contribution in [3.8, 4) is 0 Å². The van der Waals surface area contributed by atoms with E-state index < -0.39 is 0 Å². The number of hydrogen-bond donors (Lipinski definition) is 2. The van der Waals surface area contributed by atoms with Crippen LogP contribution >= 0.6 is 0 Å². The van der Waals surface area contributed by atoms with Gasteiger partial charge in [0, 0.05) is 25.7 Å². The Morgan fingerprint density at radius 2 is 2.05 bits per heavy atom. The molecule has 0 bridgehead atoms. The van der Waals surface area contributed by atoms with E-state index in [0.29, 0.717) is 6.54 Å². The monoisotopic (exact) mass is 264 g/mol. The zero-order valence-corrected chi connectivity index (χ0v) is 10.9. The Labute approximate surface area is 112 Å². The van der Waals surface area contributed by atoms with Crippen molar-refractivity contribution in [2.75, 3.05) is 36.0 Å². The predicted octanol–water partition coefficient (Wildman–Crippen LogP) is 0.00870. The maximum Gasteiger partial charge on any atom is 0.134 e. The van der Waals surface area contributed by atoms with Gasteiger partial charge in [-0.1, -0.05) is 0 Å². The van der Waals surface area contributed by atoms with E-state index in [1.165, 1.54) is 0 Å². The minimum atomic E-state index is -0.254. The van der Waals surface area contributed by atoms with Crippen molar-refractivity contribution in [2.45, 2.75) is 31.4 Å². The maximum absolute atomic E-state index is 9.59. The average Bonchev–Trinajstić information content (AvgIpc) is 3.07. The molecule has 2 N–H and O–H groups in total. The number of aliphatic hydroxyl groups is 2. The Balaban J connectivity index is 1.79. The fourth-order valence-electron chi connectivity index (χ4n) is 2.94. The highest BCUT2D eigenvalue weighted by Crippen LogP contribution is 2.26. The molecule has 3 heterocycles. The lowest BCUT2D eigenvalue weighted by Crippen LogP contribution is -2.33. The van der Waals surface area contributed by atoms with E-state index in [1.807, 2.05) is 6.07 Å². The molecule has 2 aliphatic heterocycles. The summed E-state index contributed by atoms with van der Waals surface area (Å²) in [6.07, 6.45) is 4.21. The molecule has 6 heteroatoms. The number of nitrogens with zero attached hydrogens (tertiary/aromatic N) is 4. The van der Waals surface area contributed by atoms with E-state index in [-0.39, 0.29) is 18.8 Å². The van der Waals surface area contributed by atoms with E-state index in [1.54, 1.807) is 6.33 Å². The summed E-state index contributed by atoms with van der Waals surface area (Å²) in [5.41, 5.74) is 0. The topological polar surface area (TPSA) is 72.7 Å². The molecule has 0 radical (unpaired) electrons. The van der Waals surface area contributed by atoms with Crippen molar-refractivity contribution in [3.63, 3.8) is 0 Å². The van der Waals surface area contributed by atoms with E-state index in [9.17, 15) is 10.2 Å². The third-order valence-corrected chi connectivity index (χ3v) is 4.01. The highest BCUT2D eigenvalue weighted by molar-refractivity contribution is 5.51. The molecule has 19 heavy (non-hydrogen) atoms. The molecule has 3 rings (SSSR count). The van der Waals surface area contributed by atoms with Gasteiger partial charge in [-0.05, 0) is 19.3 Å². The average molecular weight is 264 g/mol. The van der Waals surface area contributed by atoms with Crippen molar-refractivity contribution in [1.82, 2.24) is 9.97 Å². The van der Waals surface area contributed by atoms with Crippen LogP contribution in [0.3, 0.4) is 0 Å². The minimum Gasteiger partial charge on any atom is -0.394 e.